The molecule has 1 amide bonds. The van der Waals surface area contributed by atoms with Gasteiger partial charge in [-0.3, -0.25) is 4.79 Å². The maximum absolute atomic E-state index is 11.6. The SMILES string of the molecule is O=C1N[C@H](c2ccccc2)[C@@H]1OCc1ccccc1. The molecule has 0 unspecified atom stereocenters. The summed E-state index contributed by atoms with van der Waals surface area (Å²) in [4.78, 5) is 11.6. The number of amides is 1. The van der Waals surface area contributed by atoms with E-state index in [1.165, 1.54) is 0 Å². The summed E-state index contributed by atoms with van der Waals surface area (Å²) in [6.45, 7) is 0.461. The van der Waals surface area contributed by atoms with Gasteiger partial charge in [0, 0.05) is 0 Å². The quantitative estimate of drug-likeness (QED) is 0.850. The molecule has 0 aliphatic carbocycles. The third kappa shape index (κ3) is 2.51. The summed E-state index contributed by atoms with van der Waals surface area (Å²) < 4.78 is 5.73. The van der Waals surface area contributed by atoms with Crippen LogP contribution in [-0.4, -0.2) is 12.0 Å². The Bertz CT molecular complexity index is 553. The number of carbonyl (C=O) groups is 1. The third-order valence-electron chi connectivity index (χ3n) is 3.29. The van der Waals surface area contributed by atoms with Gasteiger partial charge in [0.1, 0.15) is 0 Å². The fourth-order valence-corrected chi connectivity index (χ4v) is 2.22. The zero-order valence-corrected chi connectivity index (χ0v) is 10.5. The first-order valence-corrected chi connectivity index (χ1v) is 6.35. The molecule has 0 radical (unpaired) electrons. The van der Waals surface area contributed by atoms with Crippen LogP contribution in [-0.2, 0) is 16.1 Å². The first-order valence-electron chi connectivity index (χ1n) is 6.35. The van der Waals surface area contributed by atoms with Gasteiger partial charge in [0.05, 0.1) is 12.6 Å². The van der Waals surface area contributed by atoms with Gasteiger partial charge in [-0.2, -0.15) is 0 Å². The predicted octanol–water partition coefficient (Wildman–Crippen LogP) is 2.44. The molecule has 96 valence electrons. The molecular weight excluding hydrogens is 238 g/mol. The number of rotatable bonds is 4. The number of nitrogens with one attached hydrogen (secondary N) is 1. The normalized spacial score (nSPS) is 21.6. The minimum atomic E-state index is -0.386. The van der Waals surface area contributed by atoms with Crippen molar-refractivity contribution < 1.29 is 9.53 Å². The Morgan fingerprint density at radius 1 is 0.947 bits per heavy atom. The van der Waals surface area contributed by atoms with Crippen LogP contribution >= 0.6 is 0 Å². The highest BCUT2D eigenvalue weighted by Gasteiger charge is 2.41. The highest BCUT2D eigenvalue weighted by molar-refractivity contribution is 5.88. The van der Waals surface area contributed by atoms with Crippen LogP contribution in [0.1, 0.15) is 17.2 Å². The molecule has 0 saturated carbocycles. The summed E-state index contributed by atoms with van der Waals surface area (Å²) in [5.74, 6) is -0.0372. The van der Waals surface area contributed by atoms with E-state index in [0.717, 1.165) is 11.1 Å². The molecule has 0 bridgehead atoms. The second-order valence-electron chi connectivity index (χ2n) is 4.61. The Hall–Kier alpha value is -2.13. The fourth-order valence-electron chi connectivity index (χ4n) is 2.22. The van der Waals surface area contributed by atoms with Crippen LogP contribution in [0, 0.1) is 0 Å². The summed E-state index contributed by atoms with van der Waals surface area (Å²) in [6, 6.07) is 19.8. The lowest BCUT2D eigenvalue weighted by atomic mass is 9.94. The molecule has 1 aliphatic rings. The molecule has 3 heteroatoms. The Labute approximate surface area is 112 Å². The minimum absolute atomic E-state index is 0.0302. The lowest BCUT2D eigenvalue weighted by Gasteiger charge is -2.36. The average Bonchev–Trinajstić information content (AvgIpc) is 2.47. The lowest BCUT2D eigenvalue weighted by Crippen LogP contribution is -2.57. The third-order valence-corrected chi connectivity index (χ3v) is 3.29. The number of β-lactam (4-membered cyclic amide) rings is 1. The minimum Gasteiger partial charge on any atom is -0.361 e. The molecule has 1 aliphatic heterocycles. The monoisotopic (exact) mass is 253 g/mol. The Morgan fingerprint density at radius 2 is 1.58 bits per heavy atom. The van der Waals surface area contributed by atoms with Gasteiger partial charge in [0.25, 0.3) is 5.91 Å². The van der Waals surface area contributed by atoms with Crippen LogP contribution in [0.3, 0.4) is 0 Å². The summed E-state index contributed by atoms with van der Waals surface area (Å²) in [7, 11) is 0. The van der Waals surface area contributed by atoms with Crippen LogP contribution in [0.2, 0.25) is 0 Å². The molecule has 2 aromatic carbocycles. The van der Waals surface area contributed by atoms with Gasteiger partial charge >= 0.3 is 0 Å². The van der Waals surface area contributed by atoms with Gasteiger partial charge < -0.3 is 10.1 Å². The number of benzene rings is 2. The van der Waals surface area contributed by atoms with Gasteiger partial charge in [-0.15, -0.1) is 0 Å². The smallest absolute Gasteiger partial charge is 0.252 e. The van der Waals surface area contributed by atoms with Crippen LogP contribution in [0.15, 0.2) is 60.7 Å². The number of hydrogen-bond acceptors (Lipinski definition) is 2. The van der Waals surface area contributed by atoms with E-state index < -0.39 is 0 Å². The van der Waals surface area contributed by atoms with Crippen LogP contribution in [0.25, 0.3) is 0 Å². The van der Waals surface area contributed by atoms with Crippen molar-refractivity contribution in [2.75, 3.05) is 0 Å². The van der Waals surface area contributed by atoms with Crippen LogP contribution < -0.4 is 5.32 Å². The van der Waals surface area contributed by atoms with E-state index in [0.29, 0.717) is 6.61 Å². The van der Waals surface area contributed by atoms with Crippen molar-refractivity contribution in [3.63, 3.8) is 0 Å². The highest BCUT2D eigenvalue weighted by Crippen LogP contribution is 2.27. The largest absolute Gasteiger partial charge is 0.361 e. The topological polar surface area (TPSA) is 38.3 Å². The molecule has 3 nitrogen and oxygen atoms in total. The zero-order valence-electron chi connectivity index (χ0n) is 10.5. The van der Waals surface area contributed by atoms with Gasteiger partial charge in [0.2, 0.25) is 0 Å². The zero-order chi connectivity index (χ0) is 13.1. The van der Waals surface area contributed by atoms with Gasteiger partial charge in [-0.05, 0) is 11.1 Å². The van der Waals surface area contributed by atoms with E-state index in [1.807, 2.05) is 60.7 Å². The number of hydrogen-bond donors (Lipinski definition) is 1. The molecule has 2 aromatic rings. The van der Waals surface area contributed by atoms with Crippen molar-refractivity contribution in [1.29, 1.82) is 0 Å². The molecule has 0 aromatic heterocycles. The van der Waals surface area contributed by atoms with E-state index in [4.69, 9.17) is 4.74 Å². The maximum Gasteiger partial charge on any atom is 0.252 e. The standard InChI is InChI=1S/C16H15NO2/c18-16-15(19-11-12-7-3-1-4-8-12)14(17-16)13-9-5-2-6-10-13/h1-10,14-15H,11H2,(H,17,18)/t14-,15+/m1/s1. The molecule has 1 N–H and O–H groups in total. The van der Waals surface area contributed by atoms with Crippen LogP contribution in [0.4, 0.5) is 0 Å². The van der Waals surface area contributed by atoms with Crippen molar-refractivity contribution in [1.82, 2.24) is 5.32 Å². The van der Waals surface area contributed by atoms with Crippen molar-refractivity contribution >= 4 is 5.91 Å². The molecule has 19 heavy (non-hydrogen) atoms. The average molecular weight is 253 g/mol. The van der Waals surface area contributed by atoms with E-state index in [2.05, 4.69) is 5.32 Å². The van der Waals surface area contributed by atoms with Crippen molar-refractivity contribution in [3.05, 3.63) is 71.8 Å². The molecule has 0 spiro atoms. The van der Waals surface area contributed by atoms with Crippen molar-refractivity contribution in [2.24, 2.45) is 0 Å². The summed E-state index contributed by atoms with van der Waals surface area (Å²) in [6.07, 6.45) is -0.386. The van der Waals surface area contributed by atoms with Crippen LogP contribution in [0.5, 0.6) is 0 Å². The first kappa shape index (κ1) is 11.9. The second kappa shape index (κ2) is 5.24. The van der Waals surface area contributed by atoms with Gasteiger partial charge in [-0.25, -0.2) is 0 Å². The van der Waals surface area contributed by atoms with E-state index in [9.17, 15) is 4.79 Å². The molecule has 2 atom stereocenters. The summed E-state index contributed by atoms with van der Waals surface area (Å²) in [5, 5.41) is 2.88. The Kier molecular flexibility index (Phi) is 3.29. The van der Waals surface area contributed by atoms with E-state index in [-0.39, 0.29) is 18.1 Å². The summed E-state index contributed by atoms with van der Waals surface area (Å²) in [5.41, 5.74) is 2.16. The molecule has 1 heterocycles. The Balaban J connectivity index is 1.65. The molecule has 1 fully saturated rings. The second-order valence-corrected chi connectivity index (χ2v) is 4.61. The number of carbonyl (C=O) groups excluding carboxylic acids is 1. The molecular formula is C16H15NO2. The molecule has 3 rings (SSSR count). The fraction of sp³-hybridized carbons (Fsp3) is 0.188. The molecule has 1 saturated heterocycles. The van der Waals surface area contributed by atoms with E-state index in [1.54, 1.807) is 0 Å². The summed E-state index contributed by atoms with van der Waals surface area (Å²) >= 11 is 0. The lowest BCUT2D eigenvalue weighted by molar-refractivity contribution is -0.150. The highest BCUT2D eigenvalue weighted by atomic mass is 16.5. The number of ether oxygens (including phenoxy) is 1. The van der Waals surface area contributed by atoms with E-state index >= 15 is 0 Å². The van der Waals surface area contributed by atoms with Gasteiger partial charge in [-0.1, -0.05) is 60.7 Å². The van der Waals surface area contributed by atoms with Gasteiger partial charge in [0.15, 0.2) is 6.10 Å². The van der Waals surface area contributed by atoms with Crippen molar-refractivity contribution in [2.45, 2.75) is 18.8 Å². The van der Waals surface area contributed by atoms with Crippen molar-refractivity contribution in [3.8, 4) is 0 Å². The predicted molar refractivity (Wildman–Crippen MR) is 72.3 cm³/mol. The Morgan fingerprint density at radius 3 is 2.21 bits per heavy atom. The first-order chi connectivity index (χ1) is 9.34. The maximum atomic E-state index is 11.6.